The summed E-state index contributed by atoms with van der Waals surface area (Å²) in [4.78, 5) is 30.6. The molecule has 1 atom stereocenters. The van der Waals surface area contributed by atoms with E-state index in [0.29, 0.717) is 16.8 Å². The molecule has 30 heavy (non-hydrogen) atoms. The highest BCUT2D eigenvalue weighted by molar-refractivity contribution is 5.95. The van der Waals surface area contributed by atoms with Gasteiger partial charge in [-0.25, -0.2) is 9.20 Å². The van der Waals surface area contributed by atoms with Gasteiger partial charge in [-0.3, -0.25) is 19.5 Å². The molecule has 4 heterocycles. The topological polar surface area (TPSA) is 91.5 Å². The molecular formula is C18H20F3N7O2. The Kier molecular flexibility index (Phi) is 4.88. The fraction of sp³-hybridized carbons (Fsp3) is 0.444. The van der Waals surface area contributed by atoms with E-state index in [9.17, 15) is 22.8 Å². The number of aromatic amines is 1. The second kappa shape index (κ2) is 7.27. The van der Waals surface area contributed by atoms with Crippen LogP contribution in [0.2, 0.25) is 0 Å². The lowest BCUT2D eigenvalue weighted by molar-refractivity contribution is -0.153. The van der Waals surface area contributed by atoms with Crippen LogP contribution < -0.4 is 5.56 Å². The number of aromatic nitrogens is 5. The van der Waals surface area contributed by atoms with Crippen LogP contribution in [0.3, 0.4) is 0 Å². The fourth-order valence-corrected chi connectivity index (χ4v) is 3.68. The monoisotopic (exact) mass is 423 g/mol. The van der Waals surface area contributed by atoms with Crippen molar-refractivity contribution in [3.05, 3.63) is 46.1 Å². The number of amides is 1. The van der Waals surface area contributed by atoms with E-state index < -0.39 is 18.8 Å². The number of nitrogens with one attached hydrogen (secondary N) is 1. The van der Waals surface area contributed by atoms with Gasteiger partial charge in [0.1, 0.15) is 5.52 Å². The number of hydrogen-bond donors (Lipinski definition) is 1. The summed E-state index contributed by atoms with van der Waals surface area (Å²) in [5.41, 5.74) is 0.815. The molecule has 4 rings (SSSR count). The van der Waals surface area contributed by atoms with Gasteiger partial charge in [0.05, 0.1) is 24.0 Å². The van der Waals surface area contributed by atoms with Crippen molar-refractivity contribution in [1.29, 1.82) is 0 Å². The number of halogens is 3. The Hall–Kier alpha value is -3.15. The molecule has 9 nitrogen and oxygen atoms in total. The average Bonchev–Trinajstić information content (AvgIpc) is 3.28. The summed E-state index contributed by atoms with van der Waals surface area (Å²) in [5, 5.41) is 8.47. The molecule has 0 aromatic carbocycles. The van der Waals surface area contributed by atoms with E-state index in [4.69, 9.17) is 0 Å². The highest BCUT2D eigenvalue weighted by Gasteiger charge is 2.36. The molecule has 0 saturated carbocycles. The molecule has 1 N–H and O–H groups in total. The molecule has 1 saturated heterocycles. The van der Waals surface area contributed by atoms with Gasteiger partial charge in [0.2, 0.25) is 5.95 Å². The Morgan fingerprint density at radius 3 is 2.80 bits per heavy atom. The smallest absolute Gasteiger partial charge is 0.336 e. The maximum atomic E-state index is 13.0. The van der Waals surface area contributed by atoms with Crippen LogP contribution in [-0.4, -0.2) is 78.5 Å². The van der Waals surface area contributed by atoms with Crippen LogP contribution in [0, 0.1) is 6.92 Å². The van der Waals surface area contributed by atoms with Crippen molar-refractivity contribution < 1.29 is 18.0 Å². The first-order valence-corrected chi connectivity index (χ1v) is 9.37. The van der Waals surface area contributed by atoms with E-state index >= 15 is 0 Å². The van der Waals surface area contributed by atoms with Gasteiger partial charge in [0.25, 0.3) is 11.5 Å². The van der Waals surface area contributed by atoms with E-state index in [-0.39, 0.29) is 37.0 Å². The van der Waals surface area contributed by atoms with Crippen LogP contribution in [0.15, 0.2) is 29.3 Å². The Labute approximate surface area is 168 Å². The molecule has 0 radical (unpaired) electrons. The second-order valence-electron chi connectivity index (χ2n) is 7.36. The third-order valence-corrected chi connectivity index (χ3v) is 5.26. The quantitative estimate of drug-likeness (QED) is 0.684. The van der Waals surface area contributed by atoms with E-state index in [1.165, 1.54) is 25.2 Å². The highest BCUT2D eigenvalue weighted by atomic mass is 19.4. The summed E-state index contributed by atoms with van der Waals surface area (Å²) >= 11 is 0. The molecule has 12 heteroatoms. The van der Waals surface area contributed by atoms with Crippen LogP contribution >= 0.6 is 0 Å². The minimum atomic E-state index is -4.27. The molecule has 1 amide bonds. The maximum absolute atomic E-state index is 13.0. The highest BCUT2D eigenvalue weighted by Crippen LogP contribution is 2.22. The van der Waals surface area contributed by atoms with Crippen LogP contribution in [-0.2, 0) is 0 Å². The molecule has 0 bridgehead atoms. The van der Waals surface area contributed by atoms with Gasteiger partial charge in [-0.2, -0.15) is 18.3 Å². The van der Waals surface area contributed by atoms with Crippen LogP contribution in [0.1, 0.15) is 23.0 Å². The second-order valence-corrected chi connectivity index (χ2v) is 7.36. The molecule has 1 aliphatic heterocycles. The summed E-state index contributed by atoms with van der Waals surface area (Å²) in [7, 11) is 0. The van der Waals surface area contributed by atoms with Crippen LogP contribution in [0.25, 0.3) is 11.5 Å². The number of carbonyl (C=O) groups excluding carboxylic acids is 1. The molecule has 1 fully saturated rings. The summed E-state index contributed by atoms with van der Waals surface area (Å²) in [5.74, 6) is -0.162. The predicted octanol–water partition coefficient (Wildman–Crippen LogP) is 1.23. The number of nitrogens with zero attached hydrogens (tertiary/aromatic N) is 6. The average molecular weight is 423 g/mol. The number of fused-ring (bicyclic) bond motifs is 1. The molecule has 0 aliphatic carbocycles. The molecular weight excluding hydrogens is 403 g/mol. The first kappa shape index (κ1) is 20.1. The SMILES string of the molecule is Cc1c(C(=O)N2CCN(CC(F)(F)F)C(C)C2)cnn1-c1nn2cccc2c(=O)[nH]1. The van der Waals surface area contributed by atoms with Gasteiger partial charge in [-0.05, 0) is 26.0 Å². The maximum Gasteiger partial charge on any atom is 0.401 e. The van der Waals surface area contributed by atoms with Gasteiger partial charge >= 0.3 is 6.18 Å². The van der Waals surface area contributed by atoms with Crippen molar-refractivity contribution in [2.75, 3.05) is 26.2 Å². The lowest BCUT2D eigenvalue weighted by Gasteiger charge is -2.40. The standard InChI is InChI=1S/C18H20F3N7O2/c1-11-9-25(6-7-26(11)10-18(19,20)21)16(30)13-8-22-28(12(13)2)17-23-15(29)14-4-3-5-27(14)24-17/h3-5,8,11H,6-7,9-10H2,1-2H3,(H,23,24,29). The summed E-state index contributed by atoms with van der Waals surface area (Å²) in [6, 6.07) is 2.89. The first-order valence-electron chi connectivity index (χ1n) is 9.37. The molecule has 3 aromatic rings. The van der Waals surface area contributed by atoms with E-state index in [2.05, 4.69) is 15.2 Å². The number of H-pyrrole nitrogens is 1. The zero-order valence-electron chi connectivity index (χ0n) is 16.3. The molecule has 160 valence electrons. The normalized spacial score (nSPS) is 18.3. The van der Waals surface area contributed by atoms with Crippen molar-refractivity contribution in [2.24, 2.45) is 0 Å². The lowest BCUT2D eigenvalue weighted by atomic mass is 10.1. The minimum absolute atomic E-state index is 0.138. The Morgan fingerprint density at radius 2 is 2.10 bits per heavy atom. The third-order valence-electron chi connectivity index (χ3n) is 5.26. The van der Waals surface area contributed by atoms with Gasteiger partial charge in [0.15, 0.2) is 0 Å². The minimum Gasteiger partial charge on any atom is -0.336 e. The van der Waals surface area contributed by atoms with Crippen molar-refractivity contribution in [3.8, 4) is 5.95 Å². The largest absolute Gasteiger partial charge is 0.401 e. The van der Waals surface area contributed by atoms with E-state index in [0.717, 1.165) is 0 Å². The van der Waals surface area contributed by atoms with Crippen molar-refractivity contribution >= 4 is 11.4 Å². The van der Waals surface area contributed by atoms with Crippen LogP contribution in [0.4, 0.5) is 13.2 Å². The van der Waals surface area contributed by atoms with Crippen molar-refractivity contribution in [1.82, 2.24) is 34.2 Å². The Bertz CT molecular complexity index is 1150. The lowest BCUT2D eigenvalue weighted by Crippen LogP contribution is -2.55. The zero-order valence-corrected chi connectivity index (χ0v) is 16.3. The molecule has 3 aromatic heterocycles. The predicted molar refractivity (Wildman–Crippen MR) is 101 cm³/mol. The number of alkyl halides is 3. The number of carbonyl (C=O) groups is 1. The number of rotatable bonds is 3. The van der Waals surface area contributed by atoms with E-state index in [1.54, 1.807) is 32.2 Å². The molecule has 0 spiro atoms. The number of hydrogen-bond acceptors (Lipinski definition) is 5. The molecule has 1 unspecified atom stereocenters. The van der Waals surface area contributed by atoms with Gasteiger partial charge < -0.3 is 4.90 Å². The van der Waals surface area contributed by atoms with Gasteiger partial charge in [-0.1, -0.05) is 0 Å². The molecule has 1 aliphatic rings. The first-order chi connectivity index (χ1) is 14.1. The van der Waals surface area contributed by atoms with Crippen LogP contribution in [0.5, 0.6) is 0 Å². The third kappa shape index (κ3) is 3.70. The van der Waals surface area contributed by atoms with Gasteiger partial charge in [-0.15, -0.1) is 5.10 Å². The summed E-state index contributed by atoms with van der Waals surface area (Å²) < 4.78 is 40.8. The number of piperazine rings is 1. The van der Waals surface area contributed by atoms with Gasteiger partial charge in [0, 0.05) is 31.9 Å². The van der Waals surface area contributed by atoms with Crippen molar-refractivity contribution in [2.45, 2.75) is 26.1 Å². The van der Waals surface area contributed by atoms with E-state index in [1.807, 2.05) is 0 Å². The fourth-order valence-electron chi connectivity index (χ4n) is 3.68. The summed E-state index contributed by atoms with van der Waals surface area (Å²) in [6.07, 6.45) is -1.27. The Morgan fingerprint density at radius 1 is 1.33 bits per heavy atom. The zero-order chi connectivity index (χ0) is 21.6. The summed E-state index contributed by atoms with van der Waals surface area (Å²) in [6.45, 7) is 2.86. The Balaban J connectivity index is 1.55. The van der Waals surface area contributed by atoms with Crippen molar-refractivity contribution in [3.63, 3.8) is 0 Å².